The molecule has 2 rings (SSSR count). The van der Waals surface area contributed by atoms with Crippen LogP contribution in [0.5, 0.6) is 11.5 Å². The molecule has 1 atom stereocenters. The van der Waals surface area contributed by atoms with Crippen molar-refractivity contribution in [3.63, 3.8) is 0 Å². The second-order valence-electron chi connectivity index (χ2n) is 5.76. The summed E-state index contributed by atoms with van der Waals surface area (Å²) in [6.45, 7) is 0.673. The molecule has 1 N–H and O–H groups in total. The standard InChI is InChI=1S/C17H24N2O4/c1-19-9-8-13(4-7-17(19)21)18-16(20)11-12-10-14(22-2)5-6-15(12)23-3/h5-6,10,13H,4,7-9,11H2,1-3H3,(H,18,20). The molecule has 0 spiro atoms. The fourth-order valence-corrected chi connectivity index (χ4v) is 2.72. The molecule has 1 fully saturated rings. The number of nitrogens with one attached hydrogen (secondary N) is 1. The molecule has 0 radical (unpaired) electrons. The van der Waals surface area contributed by atoms with E-state index < -0.39 is 0 Å². The molecule has 23 heavy (non-hydrogen) atoms. The van der Waals surface area contributed by atoms with E-state index in [0.29, 0.717) is 30.9 Å². The summed E-state index contributed by atoms with van der Waals surface area (Å²) in [7, 11) is 4.97. The van der Waals surface area contributed by atoms with E-state index in [1.165, 1.54) is 0 Å². The smallest absolute Gasteiger partial charge is 0.224 e. The molecule has 6 nitrogen and oxygen atoms in total. The maximum absolute atomic E-state index is 12.3. The van der Waals surface area contributed by atoms with E-state index in [-0.39, 0.29) is 24.3 Å². The zero-order valence-electron chi connectivity index (χ0n) is 13.9. The summed E-state index contributed by atoms with van der Waals surface area (Å²) >= 11 is 0. The van der Waals surface area contributed by atoms with Gasteiger partial charge in [0.2, 0.25) is 11.8 Å². The quantitative estimate of drug-likeness (QED) is 0.890. The van der Waals surface area contributed by atoms with Crippen LogP contribution in [0.1, 0.15) is 24.8 Å². The number of ether oxygens (including phenoxy) is 2. The predicted molar refractivity (Wildman–Crippen MR) is 86.7 cm³/mol. The van der Waals surface area contributed by atoms with Gasteiger partial charge < -0.3 is 19.7 Å². The summed E-state index contributed by atoms with van der Waals surface area (Å²) in [6, 6.07) is 5.43. The van der Waals surface area contributed by atoms with E-state index in [2.05, 4.69) is 5.32 Å². The second-order valence-corrected chi connectivity index (χ2v) is 5.76. The number of carbonyl (C=O) groups is 2. The summed E-state index contributed by atoms with van der Waals surface area (Å²) in [5.74, 6) is 1.42. The van der Waals surface area contributed by atoms with Crippen molar-refractivity contribution in [1.29, 1.82) is 0 Å². The zero-order chi connectivity index (χ0) is 16.8. The Kier molecular flexibility index (Phi) is 5.84. The first-order valence-electron chi connectivity index (χ1n) is 7.77. The lowest BCUT2D eigenvalue weighted by atomic mass is 10.1. The Morgan fingerprint density at radius 3 is 2.78 bits per heavy atom. The molecule has 0 aromatic heterocycles. The van der Waals surface area contributed by atoms with Crippen molar-refractivity contribution in [3.8, 4) is 11.5 Å². The first-order chi connectivity index (χ1) is 11.0. The number of nitrogens with zero attached hydrogens (tertiary/aromatic N) is 1. The lowest BCUT2D eigenvalue weighted by Gasteiger charge is -2.17. The van der Waals surface area contributed by atoms with Crippen LogP contribution in [-0.4, -0.2) is 50.6 Å². The lowest BCUT2D eigenvalue weighted by molar-refractivity contribution is -0.129. The Hall–Kier alpha value is -2.24. The molecule has 126 valence electrons. The van der Waals surface area contributed by atoms with Crippen molar-refractivity contribution in [2.45, 2.75) is 31.7 Å². The highest BCUT2D eigenvalue weighted by molar-refractivity contribution is 5.80. The molecule has 0 aliphatic carbocycles. The minimum absolute atomic E-state index is 0.0352. The van der Waals surface area contributed by atoms with Gasteiger partial charge in [-0.05, 0) is 31.0 Å². The number of carbonyl (C=O) groups excluding carboxylic acids is 2. The van der Waals surface area contributed by atoms with Gasteiger partial charge in [0.1, 0.15) is 11.5 Å². The summed E-state index contributed by atoms with van der Waals surface area (Å²) in [5, 5.41) is 3.02. The fourth-order valence-electron chi connectivity index (χ4n) is 2.72. The normalized spacial score (nSPS) is 18.3. The van der Waals surface area contributed by atoms with Crippen LogP contribution in [0.2, 0.25) is 0 Å². The average Bonchev–Trinajstić information content (AvgIpc) is 2.70. The van der Waals surface area contributed by atoms with Gasteiger partial charge in [0.05, 0.1) is 20.6 Å². The second kappa shape index (κ2) is 7.85. The predicted octanol–water partition coefficient (Wildman–Crippen LogP) is 1.37. The summed E-state index contributed by atoms with van der Waals surface area (Å²) < 4.78 is 10.5. The van der Waals surface area contributed by atoms with Crippen molar-refractivity contribution in [3.05, 3.63) is 23.8 Å². The van der Waals surface area contributed by atoms with Crippen LogP contribution in [0.15, 0.2) is 18.2 Å². The van der Waals surface area contributed by atoms with Crippen molar-refractivity contribution < 1.29 is 19.1 Å². The Morgan fingerprint density at radius 1 is 1.30 bits per heavy atom. The number of rotatable bonds is 5. The van der Waals surface area contributed by atoms with Gasteiger partial charge >= 0.3 is 0 Å². The van der Waals surface area contributed by atoms with Crippen LogP contribution in [-0.2, 0) is 16.0 Å². The number of amides is 2. The highest BCUT2D eigenvalue weighted by atomic mass is 16.5. The minimum Gasteiger partial charge on any atom is -0.497 e. The van der Waals surface area contributed by atoms with Gasteiger partial charge in [0.25, 0.3) is 0 Å². The molecular weight excluding hydrogens is 296 g/mol. The lowest BCUT2D eigenvalue weighted by Crippen LogP contribution is -2.36. The molecule has 1 unspecified atom stereocenters. The topological polar surface area (TPSA) is 67.9 Å². The van der Waals surface area contributed by atoms with Crippen molar-refractivity contribution >= 4 is 11.8 Å². The first-order valence-corrected chi connectivity index (χ1v) is 7.77. The molecule has 0 saturated carbocycles. The van der Waals surface area contributed by atoms with Crippen LogP contribution in [0.25, 0.3) is 0 Å². The molecule has 1 aromatic rings. The van der Waals surface area contributed by atoms with Gasteiger partial charge in [-0.3, -0.25) is 9.59 Å². The molecule has 1 aliphatic heterocycles. The monoisotopic (exact) mass is 320 g/mol. The van der Waals surface area contributed by atoms with Gasteiger partial charge in [0, 0.05) is 31.6 Å². The molecule has 6 heteroatoms. The van der Waals surface area contributed by atoms with Gasteiger partial charge in [-0.25, -0.2) is 0 Å². The van der Waals surface area contributed by atoms with Gasteiger partial charge in [0.15, 0.2) is 0 Å². The molecular formula is C17H24N2O4. The summed E-state index contributed by atoms with van der Waals surface area (Å²) in [6.07, 6.45) is 2.16. The van der Waals surface area contributed by atoms with E-state index in [0.717, 1.165) is 12.0 Å². The molecule has 1 heterocycles. The Bertz CT molecular complexity index is 574. The van der Waals surface area contributed by atoms with E-state index in [1.807, 2.05) is 6.07 Å². The van der Waals surface area contributed by atoms with E-state index >= 15 is 0 Å². The highest BCUT2D eigenvalue weighted by Gasteiger charge is 2.21. The third-order valence-corrected chi connectivity index (χ3v) is 4.15. The summed E-state index contributed by atoms with van der Waals surface area (Å²) in [4.78, 5) is 25.7. The number of hydrogen-bond donors (Lipinski definition) is 1. The third-order valence-electron chi connectivity index (χ3n) is 4.15. The summed E-state index contributed by atoms with van der Waals surface area (Å²) in [5.41, 5.74) is 0.783. The molecule has 0 bridgehead atoms. The molecule has 1 saturated heterocycles. The Morgan fingerprint density at radius 2 is 2.09 bits per heavy atom. The largest absolute Gasteiger partial charge is 0.497 e. The van der Waals surface area contributed by atoms with Crippen molar-refractivity contribution in [2.75, 3.05) is 27.8 Å². The van der Waals surface area contributed by atoms with E-state index in [9.17, 15) is 9.59 Å². The number of methoxy groups -OCH3 is 2. The van der Waals surface area contributed by atoms with Crippen molar-refractivity contribution in [1.82, 2.24) is 10.2 Å². The maximum Gasteiger partial charge on any atom is 0.224 e. The number of hydrogen-bond acceptors (Lipinski definition) is 4. The van der Waals surface area contributed by atoms with Gasteiger partial charge in [-0.1, -0.05) is 0 Å². The zero-order valence-corrected chi connectivity index (χ0v) is 13.9. The maximum atomic E-state index is 12.3. The molecule has 1 aromatic carbocycles. The van der Waals surface area contributed by atoms with Crippen molar-refractivity contribution in [2.24, 2.45) is 0 Å². The van der Waals surface area contributed by atoms with Crippen LogP contribution in [0.4, 0.5) is 0 Å². The van der Waals surface area contributed by atoms with E-state index in [1.54, 1.807) is 38.3 Å². The van der Waals surface area contributed by atoms with Crippen LogP contribution in [0, 0.1) is 0 Å². The first kappa shape index (κ1) is 17.1. The number of likely N-dealkylation sites (tertiary alicyclic amines) is 1. The van der Waals surface area contributed by atoms with Crippen LogP contribution in [0.3, 0.4) is 0 Å². The Balaban J connectivity index is 1.98. The SMILES string of the molecule is COc1ccc(OC)c(CC(=O)NC2CCC(=O)N(C)CC2)c1. The molecule has 1 aliphatic rings. The Labute approximate surface area is 136 Å². The van der Waals surface area contributed by atoms with Crippen LogP contribution >= 0.6 is 0 Å². The fraction of sp³-hybridized carbons (Fsp3) is 0.529. The van der Waals surface area contributed by atoms with Gasteiger partial charge in [-0.2, -0.15) is 0 Å². The number of benzene rings is 1. The van der Waals surface area contributed by atoms with Crippen LogP contribution < -0.4 is 14.8 Å². The van der Waals surface area contributed by atoms with Gasteiger partial charge in [-0.15, -0.1) is 0 Å². The highest BCUT2D eigenvalue weighted by Crippen LogP contribution is 2.24. The minimum atomic E-state index is -0.0708. The van der Waals surface area contributed by atoms with E-state index in [4.69, 9.17) is 9.47 Å². The third kappa shape index (κ3) is 4.61. The molecule has 2 amide bonds. The average molecular weight is 320 g/mol.